The molecule has 0 fully saturated rings. The number of carboxylic acid groups (broad SMARTS) is 1. The van der Waals surface area contributed by atoms with Crippen LogP contribution in [0.4, 0.5) is 5.69 Å². The van der Waals surface area contributed by atoms with Crippen molar-refractivity contribution >= 4 is 17.6 Å². The quantitative estimate of drug-likeness (QED) is 0.594. The fourth-order valence-corrected chi connectivity index (χ4v) is 1.57. The van der Waals surface area contributed by atoms with Gasteiger partial charge in [0.15, 0.2) is 0 Å². The van der Waals surface area contributed by atoms with Crippen molar-refractivity contribution in [1.82, 2.24) is 4.98 Å². The first kappa shape index (κ1) is 16.1. The zero-order chi connectivity index (χ0) is 15.0. The van der Waals surface area contributed by atoms with Gasteiger partial charge in [0, 0.05) is 13.7 Å². The van der Waals surface area contributed by atoms with Crippen molar-refractivity contribution in [2.45, 2.75) is 25.3 Å². The Kier molecular flexibility index (Phi) is 6.61. The molecule has 1 aromatic heterocycles. The van der Waals surface area contributed by atoms with Gasteiger partial charge in [0.2, 0.25) is 5.91 Å². The number of nitrogens with two attached hydrogens (primary N) is 1. The molecule has 20 heavy (non-hydrogen) atoms. The van der Waals surface area contributed by atoms with Crippen molar-refractivity contribution in [3.8, 4) is 0 Å². The Bertz CT molecular complexity index is 447. The van der Waals surface area contributed by atoms with E-state index in [2.05, 4.69) is 10.3 Å². The fraction of sp³-hybridized carbons (Fsp3) is 0.462. The number of aliphatic carboxylic acids is 1. The topological polar surface area (TPSA) is 115 Å². The number of rotatable bonds is 8. The Balaban J connectivity index is 2.47. The number of pyridine rings is 1. The van der Waals surface area contributed by atoms with Gasteiger partial charge in [0.05, 0.1) is 30.0 Å². The van der Waals surface area contributed by atoms with Gasteiger partial charge >= 0.3 is 5.97 Å². The van der Waals surface area contributed by atoms with Gasteiger partial charge in [-0.25, -0.2) is 0 Å². The molecule has 0 bridgehead atoms. The second-order valence-electron chi connectivity index (χ2n) is 4.34. The molecule has 1 heterocycles. The second kappa shape index (κ2) is 8.23. The van der Waals surface area contributed by atoms with Crippen LogP contribution in [0.5, 0.6) is 0 Å². The molecule has 1 amide bonds. The number of methoxy groups -OCH3 is 1. The molecule has 4 N–H and O–H groups in total. The SMILES string of the molecule is COCCCC(N)C(=O)Nc1ccc(CC(=O)O)nc1. The second-order valence-corrected chi connectivity index (χ2v) is 4.34. The van der Waals surface area contributed by atoms with Crippen LogP contribution in [0.15, 0.2) is 18.3 Å². The van der Waals surface area contributed by atoms with E-state index in [1.807, 2.05) is 0 Å². The summed E-state index contributed by atoms with van der Waals surface area (Å²) in [5, 5.41) is 11.3. The maximum Gasteiger partial charge on any atom is 0.309 e. The van der Waals surface area contributed by atoms with E-state index in [4.69, 9.17) is 15.6 Å². The van der Waals surface area contributed by atoms with Gasteiger partial charge in [0.1, 0.15) is 0 Å². The van der Waals surface area contributed by atoms with Crippen LogP contribution in [0, 0.1) is 0 Å². The highest BCUT2D eigenvalue weighted by atomic mass is 16.5. The Morgan fingerprint density at radius 1 is 1.50 bits per heavy atom. The van der Waals surface area contributed by atoms with Crippen LogP contribution < -0.4 is 11.1 Å². The predicted molar refractivity (Wildman–Crippen MR) is 73.3 cm³/mol. The smallest absolute Gasteiger partial charge is 0.309 e. The lowest BCUT2D eigenvalue weighted by molar-refractivity contribution is -0.136. The lowest BCUT2D eigenvalue weighted by Crippen LogP contribution is -2.35. The summed E-state index contributed by atoms with van der Waals surface area (Å²) in [4.78, 5) is 26.2. The van der Waals surface area contributed by atoms with Crippen LogP contribution in [0.1, 0.15) is 18.5 Å². The summed E-state index contributed by atoms with van der Waals surface area (Å²) in [7, 11) is 1.59. The summed E-state index contributed by atoms with van der Waals surface area (Å²) in [6.45, 7) is 0.562. The van der Waals surface area contributed by atoms with E-state index in [9.17, 15) is 9.59 Å². The van der Waals surface area contributed by atoms with Crippen molar-refractivity contribution in [2.24, 2.45) is 5.73 Å². The first-order valence-electron chi connectivity index (χ1n) is 6.25. The van der Waals surface area contributed by atoms with E-state index in [1.165, 1.54) is 6.20 Å². The maximum absolute atomic E-state index is 11.8. The van der Waals surface area contributed by atoms with E-state index in [0.29, 0.717) is 30.8 Å². The van der Waals surface area contributed by atoms with E-state index in [-0.39, 0.29) is 12.3 Å². The third-order valence-electron chi connectivity index (χ3n) is 2.62. The molecule has 0 aliphatic rings. The van der Waals surface area contributed by atoms with Gasteiger partial charge in [-0.15, -0.1) is 0 Å². The molecule has 110 valence electrons. The first-order valence-corrected chi connectivity index (χ1v) is 6.25. The number of carbonyl (C=O) groups excluding carboxylic acids is 1. The van der Waals surface area contributed by atoms with Gasteiger partial charge in [-0.2, -0.15) is 0 Å². The molecule has 0 radical (unpaired) electrons. The minimum absolute atomic E-state index is 0.148. The minimum Gasteiger partial charge on any atom is -0.481 e. The molecule has 1 aromatic rings. The highest BCUT2D eigenvalue weighted by Gasteiger charge is 2.13. The molecule has 0 aromatic carbocycles. The molecular formula is C13H19N3O4. The monoisotopic (exact) mass is 281 g/mol. The van der Waals surface area contributed by atoms with Crippen LogP contribution in [-0.2, 0) is 20.7 Å². The number of nitrogens with one attached hydrogen (secondary N) is 1. The minimum atomic E-state index is -0.950. The lowest BCUT2D eigenvalue weighted by atomic mass is 10.1. The number of hydrogen-bond donors (Lipinski definition) is 3. The summed E-state index contributed by atoms with van der Waals surface area (Å²) in [5.41, 5.74) is 6.66. The van der Waals surface area contributed by atoms with Crippen molar-refractivity contribution in [2.75, 3.05) is 19.0 Å². The molecule has 1 unspecified atom stereocenters. The fourth-order valence-electron chi connectivity index (χ4n) is 1.57. The average molecular weight is 281 g/mol. The number of carboxylic acids is 1. The van der Waals surface area contributed by atoms with Gasteiger partial charge in [0.25, 0.3) is 0 Å². The lowest BCUT2D eigenvalue weighted by Gasteiger charge is -2.11. The molecule has 7 heteroatoms. The molecule has 0 aliphatic heterocycles. The predicted octanol–water partition coefficient (Wildman–Crippen LogP) is 0.401. The third-order valence-corrected chi connectivity index (χ3v) is 2.62. The maximum atomic E-state index is 11.8. The van der Waals surface area contributed by atoms with Crippen molar-refractivity contribution in [1.29, 1.82) is 0 Å². The number of carbonyl (C=O) groups is 2. The van der Waals surface area contributed by atoms with Crippen LogP contribution in [0.25, 0.3) is 0 Å². The molecule has 1 atom stereocenters. The standard InChI is InChI=1S/C13H19N3O4/c1-20-6-2-3-11(14)13(19)16-10-5-4-9(15-8-10)7-12(17)18/h4-5,8,11H,2-3,6-7,14H2,1H3,(H,16,19)(H,17,18). The number of nitrogens with zero attached hydrogens (tertiary/aromatic N) is 1. The van der Waals surface area contributed by atoms with E-state index in [1.54, 1.807) is 19.2 Å². The highest BCUT2D eigenvalue weighted by molar-refractivity contribution is 5.94. The van der Waals surface area contributed by atoms with Crippen molar-refractivity contribution < 1.29 is 19.4 Å². The highest BCUT2D eigenvalue weighted by Crippen LogP contribution is 2.08. The summed E-state index contributed by atoms with van der Waals surface area (Å²) in [6.07, 6.45) is 2.51. The number of anilines is 1. The van der Waals surface area contributed by atoms with Gasteiger partial charge in [-0.1, -0.05) is 0 Å². The van der Waals surface area contributed by atoms with E-state index in [0.717, 1.165) is 0 Å². The van der Waals surface area contributed by atoms with E-state index < -0.39 is 12.0 Å². The normalized spacial score (nSPS) is 11.9. The number of hydrogen-bond acceptors (Lipinski definition) is 5. The van der Waals surface area contributed by atoms with Gasteiger partial charge in [-0.05, 0) is 25.0 Å². The molecule has 0 spiro atoms. The first-order chi connectivity index (χ1) is 9.52. The van der Waals surface area contributed by atoms with Gasteiger partial charge in [-0.3, -0.25) is 14.6 Å². The Morgan fingerprint density at radius 3 is 2.80 bits per heavy atom. The zero-order valence-corrected chi connectivity index (χ0v) is 11.3. The van der Waals surface area contributed by atoms with Crippen molar-refractivity contribution in [3.05, 3.63) is 24.0 Å². The summed E-state index contributed by atoms with van der Waals surface area (Å²) < 4.78 is 4.89. The summed E-state index contributed by atoms with van der Waals surface area (Å²) in [5.74, 6) is -1.25. The summed E-state index contributed by atoms with van der Waals surface area (Å²) >= 11 is 0. The number of amides is 1. The van der Waals surface area contributed by atoms with Crippen LogP contribution in [0.3, 0.4) is 0 Å². The Hall–Kier alpha value is -1.99. The molecule has 0 saturated carbocycles. The van der Waals surface area contributed by atoms with Crippen LogP contribution in [0.2, 0.25) is 0 Å². The Morgan fingerprint density at radius 2 is 2.25 bits per heavy atom. The number of ether oxygens (including phenoxy) is 1. The van der Waals surface area contributed by atoms with Gasteiger partial charge < -0.3 is 20.9 Å². The van der Waals surface area contributed by atoms with E-state index >= 15 is 0 Å². The Labute approximate surface area is 117 Å². The molecule has 0 aliphatic carbocycles. The molecule has 0 saturated heterocycles. The van der Waals surface area contributed by atoms with Crippen molar-refractivity contribution in [3.63, 3.8) is 0 Å². The van der Waals surface area contributed by atoms with Crippen LogP contribution in [-0.4, -0.2) is 41.7 Å². The number of aromatic nitrogens is 1. The molecule has 7 nitrogen and oxygen atoms in total. The largest absolute Gasteiger partial charge is 0.481 e. The summed E-state index contributed by atoms with van der Waals surface area (Å²) in [6, 6.07) is 2.55. The average Bonchev–Trinajstić information content (AvgIpc) is 2.40. The zero-order valence-electron chi connectivity index (χ0n) is 11.3. The molecular weight excluding hydrogens is 262 g/mol. The third kappa shape index (κ3) is 5.77. The molecule has 1 rings (SSSR count). The van der Waals surface area contributed by atoms with Crippen LogP contribution >= 0.6 is 0 Å².